The lowest BCUT2D eigenvalue weighted by Gasteiger charge is -2.03. The van der Waals surface area contributed by atoms with Crippen LogP contribution in [0.25, 0.3) is 0 Å². The van der Waals surface area contributed by atoms with Crippen LogP contribution in [0.4, 0.5) is 0 Å². The van der Waals surface area contributed by atoms with Gasteiger partial charge in [-0.1, -0.05) is 29.3 Å². The van der Waals surface area contributed by atoms with Gasteiger partial charge < -0.3 is 4.74 Å². The first-order valence-corrected chi connectivity index (χ1v) is 4.92. The van der Waals surface area contributed by atoms with Crippen molar-refractivity contribution in [3.05, 3.63) is 28.7 Å². The Morgan fingerprint density at radius 2 is 2.33 bits per heavy atom. The smallest absolute Gasteiger partial charge is 0.127 e. The van der Waals surface area contributed by atoms with Gasteiger partial charge in [0.2, 0.25) is 0 Å². The van der Waals surface area contributed by atoms with Crippen molar-refractivity contribution < 1.29 is 4.74 Å². The van der Waals surface area contributed by atoms with Crippen molar-refractivity contribution in [3.8, 4) is 5.75 Å². The molecule has 1 aromatic rings. The Bertz CT molecular complexity index is 218. The molecule has 0 spiro atoms. The van der Waals surface area contributed by atoms with Gasteiger partial charge in [0, 0.05) is 10.5 Å². The van der Waals surface area contributed by atoms with Gasteiger partial charge in [0.15, 0.2) is 0 Å². The molecule has 0 saturated heterocycles. The minimum atomic E-state index is 0.786. The molecule has 0 unspecified atom stereocenters. The molecule has 0 aromatic heterocycles. The van der Waals surface area contributed by atoms with Crippen LogP contribution in [0.1, 0.15) is 19.8 Å². The SMILES string of the molecule is CCCCOc1[c]cc(Br)cc1. The first-order valence-electron chi connectivity index (χ1n) is 4.13. The van der Waals surface area contributed by atoms with Crippen LogP contribution < -0.4 is 4.74 Å². The van der Waals surface area contributed by atoms with Crippen LogP contribution in [0.3, 0.4) is 0 Å². The third-order valence-corrected chi connectivity index (χ3v) is 1.99. The summed E-state index contributed by atoms with van der Waals surface area (Å²) in [4.78, 5) is 0. The standard InChI is InChI=1S/C10H12BrO/c1-2-3-8-12-10-6-4-9(11)5-7-10/h4-6H,2-3,8H2,1H3. The maximum atomic E-state index is 5.42. The zero-order chi connectivity index (χ0) is 8.81. The van der Waals surface area contributed by atoms with E-state index in [1.165, 1.54) is 0 Å². The van der Waals surface area contributed by atoms with Crippen molar-refractivity contribution >= 4 is 15.9 Å². The number of rotatable bonds is 4. The molecule has 2 heteroatoms. The average Bonchev–Trinajstić information content (AvgIpc) is 2.09. The van der Waals surface area contributed by atoms with Gasteiger partial charge in [-0.2, -0.15) is 0 Å². The van der Waals surface area contributed by atoms with E-state index in [2.05, 4.69) is 28.9 Å². The van der Waals surface area contributed by atoms with Crippen LogP contribution in [0.5, 0.6) is 5.75 Å². The fourth-order valence-corrected chi connectivity index (χ4v) is 1.05. The molecule has 0 amide bonds. The van der Waals surface area contributed by atoms with E-state index >= 15 is 0 Å². The zero-order valence-electron chi connectivity index (χ0n) is 7.14. The third-order valence-electron chi connectivity index (χ3n) is 1.50. The van der Waals surface area contributed by atoms with Gasteiger partial charge in [-0.3, -0.25) is 0 Å². The molecule has 0 N–H and O–H groups in total. The lowest BCUT2D eigenvalue weighted by molar-refractivity contribution is 0.308. The Balaban J connectivity index is 2.37. The molecule has 12 heavy (non-hydrogen) atoms. The molecule has 0 atom stereocenters. The lowest BCUT2D eigenvalue weighted by Crippen LogP contribution is -1.95. The quantitative estimate of drug-likeness (QED) is 0.717. The first-order chi connectivity index (χ1) is 5.83. The molecule has 0 aliphatic carbocycles. The van der Waals surface area contributed by atoms with Gasteiger partial charge in [-0.05, 0) is 24.6 Å². The Labute approximate surface area is 81.9 Å². The van der Waals surface area contributed by atoms with E-state index in [4.69, 9.17) is 4.74 Å². The second-order valence-electron chi connectivity index (χ2n) is 2.57. The highest BCUT2D eigenvalue weighted by Gasteiger charge is 1.92. The first kappa shape index (κ1) is 9.59. The van der Waals surface area contributed by atoms with Gasteiger partial charge in [-0.25, -0.2) is 0 Å². The molecule has 0 aliphatic rings. The van der Waals surface area contributed by atoms with Gasteiger partial charge in [0.1, 0.15) is 5.75 Å². The maximum absolute atomic E-state index is 5.42. The number of halogens is 1. The number of benzene rings is 1. The summed E-state index contributed by atoms with van der Waals surface area (Å²) in [6.07, 6.45) is 2.26. The molecule has 0 saturated carbocycles. The molecule has 0 aliphatic heterocycles. The molecule has 0 fully saturated rings. The predicted molar refractivity (Wildman–Crippen MR) is 53.4 cm³/mol. The molecule has 1 nitrogen and oxygen atoms in total. The molecular weight excluding hydrogens is 216 g/mol. The Morgan fingerprint density at radius 3 is 2.92 bits per heavy atom. The van der Waals surface area contributed by atoms with Gasteiger partial charge in [0.25, 0.3) is 0 Å². The van der Waals surface area contributed by atoms with E-state index in [9.17, 15) is 0 Å². The fraction of sp³-hybridized carbons (Fsp3) is 0.400. The molecule has 65 valence electrons. The molecule has 0 bridgehead atoms. The topological polar surface area (TPSA) is 9.23 Å². The summed E-state index contributed by atoms with van der Waals surface area (Å²) >= 11 is 3.34. The van der Waals surface area contributed by atoms with Crippen LogP contribution in [-0.4, -0.2) is 6.61 Å². The zero-order valence-corrected chi connectivity index (χ0v) is 8.73. The van der Waals surface area contributed by atoms with Crippen LogP contribution in [0.2, 0.25) is 0 Å². The number of hydrogen-bond donors (Lipinski definition) is 0. The van der Waals surface area contributed by atoms with Crippen LogP contribution in [0.15, 0.2) is 22.7 Å². The molecular formula is C10H12BrO. The van der Waals surface area contributed by atoms with Crippen molar-refractivity contribution in [3.63, 3.8) is 0 Å². The summed E-state index contributed by atoms with van der Waals surface area (Å²) in [7, 11) is 0. The van der Waals surface area contributed by atoms with Crippen molar-refractivity contribution in [2.24, 2.45) is 0 Å². The molecule has 1 aromatic carbocycles. The minimum Gasteiger partial charge on any atom is -0.493 e. The van der Waals surface area contributed by atoms with Gasteiger partial charge in [-0.15, -0.1) is 0 Å². The predicted octanol–water partition coefficient (Wildman–Crippen LogP) is 3.43. The van der Waals surface area contributed by atoms with Crippen molar-refractivity contribution in [2.75, 3.05) is 6.61 Å². The summed E-state index contributed by atoms with van der Waals surface area (Å²) in [5, 5.41) is 0. The second-order valence-corrected chi connectivity index (χ2v) is 3.49. The maximum Gasteiger partial charge on any atom is 0.127 e. The summed E-state index contributed by atoms with van der Waals surface area (Å²) in [5.41, 5.74) is 0. The summed E-state index contributed by atoms with van der Waals surface area (Å²) in [5.74, 6) is 0.826. The van der Waals surface area contributed by atoms with Crippen LogP contribution in [0, 0.1) is 6.07 Å². The van der Waals surface area contributed by atoms with E-state index in [1.807, 2.05) is 18.2 Å². The van der Waals surface area contributed by atoms with Crippen LogP contribution >= 0.6 is 15.9 Å². The third kappa shape index (κ3) is 3.26. The Morgan fingerprint density at radius 1 is 1.50 bits per heavy atom. The number of unbranched alkanes of at least 4 members (excludes halogenated alkanes) is 1. The van der Waals surface area contributed by atoms with E-state index in [0.29, 0.717) is 0 Å². The van der Waals surface area contributed by atoms with E-state index < -0.39 is 0 Å². The fourth-order valence-electron chi connectivity index (χ4n) is 0.808. The van der Waals surface area contributed by atoms with E-state index in [1.54, 1.807) is 0 Å². The highest BCUT2D eigenvalue weighted by Crippen LogP contribution is 2.15. The minimum absolute atomic E-state index is 0.786. The van der Waals surface area contributed by atoms with Crippen LogP contribution in [-0.2, 0) is 0 Å². The molecule has 0 heterocycles. The normalized spacial score (nSPS) is 9.83. The van der Waals surface area contributed by atoms with Gasteiger partial charge >= 0.3 is 0 Å². The number of hydrogen-bond acceptors (Lipinski definition) is 1. The summed E-state index contributed by atoms with van der Waals surface area (Å²) in [6, 6.07) is 8.76. The summed E-state index contributed by atoms with van der Waals surface area (Å²) in [6.45, 7) is 2.93. The molecule has 1 radical (unpaired) electrons. The lowest BCUT2D eigenvalue weighted by atomic mass is 10.3. The van der Waals surface area contributed by atoms with Crippen molar-refractivity contribution in [1.82, 2.24) is 0 Å². The highest BCUT2D eigenvalue weighted by atomic mass is 79.9. The highest BCUT2D eigenvalue weighted by molar-refractivity contribution is 9.10. The number of ether oxygens (including phenoxy) is 1. The summed E-state index contributed by atoms with van der Waals surface area (Å²) < 4.78 is 6.46. The Hall–Kier alpha value is -0.500. The monoisotopic (exact) mass is 227 g/mol. The second kappa shape index (κ2) is 5.20. The average molecular weight is 228 g/mol. The van der Waals surface area contributed by atoms with Crippen molar-refractivity contribution in [2.45, 2.75) is 19.8 Å². The van der Waals surface area contributed by atoms with Crippen molar-refractivity contribution in [1.29, 1.82) is 0 Å². The largest absolute Gasteiger partial charge is 0.493 e. The van der Waals surface area contributed by atoms with E-state index in [0.717, 1.165) is 29.7 Å². The van der Waals surface area contributed by atoms with E-state index in [-0.39, 0.29) is 0 Å². The molecule has 1 rings (SSSR count). The van der Waals surface area contributed by atoms with Gasteiger partial charge in [0.05, 0.1) is 6.61 Å². The Kier molecular flexibility index (Phi) is 4.15.